The van der Waals surface area contributed by atoms with E-state index in [1.807, 2.05) is 0 Å². The predicted octanol–water partition coefficient (Wildman–Crippen LogP) is 0.0776. The molecule has 0 aliphatic carbocycles. The van der Waals surface area contributed by atoms with Crippen molar-refractivity contribution in [3.05, 3.63) is 0 Å². The first-order valence-electron chi connectivity index (χ1n) is 4.65. The Balaban J connectivity index is 2.28. The fourth-order valence-corrected chi connectivity index (χ4v) is 1.68. The van der Waals surface area contributed by atoms with Crippen LogP contribution < -0.4 is 5.32 Å². The van der Waals surface area contributed by atoms with Crippen LogP contribution in [0.4, 0.5) is 0 Å². The lowest BCUT2D eigenvalue weighted by molar-refractivity contribution is -0.124. The molecule has 13 heavy (non-hydrogen) atoms. The van der Waals surface area contributed by atoms with Crippen molar-refractivity contribution in [3.63, 3.8) is 0 Å². The Kier molecular flexibility index (Phi) is 3.78. The number of amides is 1. The van der Waals surface area contributed by atoms with Crippen molar-refractivity contribution >= 4 is 5.91 Å². The molecule has 0 aromatic rings. The van der Waals surface area contributed by atoms with Gasteiger partial charge in [0, 0.05) is 26.6 Å². The molecular weight excluding hydrogens is 164 g/mol. The van der Waals surface area contributed by atoms with Gasteiger partial charge in [-0.3, -0.25) is 4.79 Å². The van der Waals surface area contributed by atoms with Crippen LogP contribution in [0.3, 0.4) is 0 Å². The summed E-state index contributed by atoms with van der Waals surface area (Å²) in [5.74, 6) is 2.94. The van der Waals surface area contributed by atoms with Crippen molar-refractivity contribution in [3.8, 4) is 12.3 Å². The average molecular weight is 180 g/mol. The summed E-state index contributed by atoms with van der Waals surface area (Å²) in [4.78, 5) is 13.5. The van der Waals surface area contributed by atoms with E-state index in [1.54, 1.807) is 7.05 Å². The number of nitrogens with one attached hydrogen (secondary N) is 1. The van der Waals surface area contributed by atoms with Crippen LogP contribution in [0.25, 0.3) is 0 Å². The molecular formula is C10H16N2O. The van der Waals surface area contributed by atoms with Gasteiger partial charge >= 0.3 is 0 Å². The molecule has 72 valence electrons. The molecule has 0 aromatic carbocycles. The van der Waals surface area contributed by atoms with Crippen molar-refractivity contribution in [2.45, 2.75) is 12.8 Å². The number of hydrogen-bond acceptors (Lipinski definition) is 2. The summed E-state index contributed by atoms with van der Waals surface area (Å²) in [6.45, 7) is 2.78. The van der Waals surface area contributed by atoms with Crippen LogP contribution >= 0.6 is 0 Å². The zero-order chi connectivity index (χ0) is 9.68. The molecule has 3 heteroatoms. The number of terminal acetylenes is 1. The maximum atomic E-state index is 11.3. The van der Waals surface area contributed by atoms with E-state index >= 15 is 0 Å². The summed E-state index contributed by atoms with van der Waals surface area (Å²) < 4.78 is 0. The van der Waals surface area contributed by atoms with Crippen LogP contribution in [0.5, 0.6) is 0 Å². The highest BCUT2D eigenvalue weighted by Crippen LogP contribution is 2.15. The summed E-state index contributed by atoms with van der Waals surface area (Å²) in [7, 11) is 1.69. The number of likely N-dealkylation sites (tertiary alicyclic amines) is 1. The van der Waals surface area contributed by atoms with Crippen LogP contribution in [0.1, 0.15) is 12.8 Å². The van der Waals surface area contributed by atoms with E-state index in [1.165, 1.54) is 0 Å². The van der Waals surface area contributed by atoms with Crippen LogP contribution in [0, 0.1) is 18.3 Å². The molecule has 1 aliphatic rings. The first-order chi connectivity index (χ1) is 6.27. The minimum atomic E-state index is 0.156. The van der Waals surface area contributed by atoms with Gasteiger partial charge in [0.15, 0.2) is 0 Å². The smallest absolute Gasteiger partial charge is 0.224 e. The van der Waals surface area contributed by atoms with E-state index in [0.29, 0.717) is 0 Å². The highest BCUT2D eigenvalue weighted by atomic mass is 16.1. The zero-order valence-corrected chi connectivity index (χ0v) is 8.05. The lowest BCUT2D eigenvalue weighted by atomic mass is 10.1. The van der Waals surface area contributed by atoms with Crippen molar-refractivity contribution < 1.29 is 4.79 Å². The van der Waals surface area contributed by atoms with Gasteiger partial charge in [-0.15, -0.1) is 12.3 Å². The SMILES string of the molecule is C#CCCN1CCC(C(=O)NC)C1. The Bertz CT molecular complexity index is 219. The zero-order valence-electron chi connectivity index (χ0n) is 8.05. The summed E-state index contributed by atoms with van der Waals surface area (Å²) in [5, 5.41) is 2.68. The molecule has 1 N–H and O–H groups in total. The van der Waals surface area contributed by atoms with Gasteiger partial charge in [0.1, 0.15) is 0 Å². The molecule has 3 nitrogen and oxygen atoms in total. The number of hydrogen-bond donors (Lipinski definition) is 1. The van der Waals surface area contributed by atoms with Gasteiger partial charge in [0.05, 0.1) is 5.92 Å². The maximum Gasteiger partial charge on any atom is 0.224 e. The number of nitrogens with zero attached hydrogens (tertiary/aromatic N) is 1. The molecule has 0 radical (unpaired) electrons. The quantitative estimate of drug-likeness (QED) is 0.624. The molecule has 1 amide bonds. The van der Waals surface area contributed by atoms with E-state index in [-0.39, 0.29) is 11.8 Å². The largest absolute Gasteiger partial charge is 0.359 e. The lowest BCUT2D eigenvalue weighted by Crippen LogP contribution is -2.30. The Labute approximate surface area is 79.5 Å². The molecule has 1 atom stereocenters. The third-order valence-corrected chi connectivity index (χ3v) is 2.46. The molecule has 0 bridgehead atoms. The van der Waals surface area contributed by atoms with E-state index in [2.05, 4.69) is 16.1 Å². The van der Waals surface area contributed by atoms with Gasteiger partial charge in [-0.2, -0.15) is 0 Å². The highest BCUT2D eigenvalue weighted by molar-refractivity contribution is 5.78. The Hall–Kier alpha value is -1.01. The third kappa shape index (κ3) is 2.74. The first-order valence-corrected chi connectivity index (χ1v) is 4.65. The molecule has 1 rings (SSSR count). The minimum Gasteiger partial charge on any atom is -0.359 e. The first kappa shape index (κ1) is 10.1. The second-order valence-corrected chi connectivity index (χ2v) is 3.35. The molecule has 1 saturated heterocycles. The molecule has 1 fully saturated rings. The van der Waals surface area contributed by atoms with Crippen LogP contribution in [0.2, 0.25) is 0 Å². The second kappa shape index (κ2) is 4.88. The van der Waals surface area contributed by atoms with Crippen molar-refractivity contribution in [2.24, 2.45) is 5.92 Å². The standard InChI is InChI=1S/C10H16N2O/c1-3-4-6-12-7-5-9(8-12)10(13)11-2/h1,9H,4-8H2,2H3,(H,11,13). The lowest BCUT2D eigenvalue weighted by Gasteiger charge is -2.13. The van der Waals surface area contributed by atoms with E-state index in [0.717, 1.165) is 32.5 Å². The average Bonchev–Trinajstić information content (AvgIpc) is 2.62. The van der Waals surface area contributed by atoms with Gasteiger partial charge in [0.2, 0.25) is 5.91 Å². The summed E-state index contributed by atoms with van der Waals surface area (Å²) in [6, 6.07) is 0. The molecule has 1 unspecified atom stereocenters. The van der Waals surface area contributed by atoms with Crippen molar-refractivity contribution in [1.29, 1.82) is 0 Å². The normalized spacial score (nSPS) is 22.6. The van der Waals surface area contributed by atoms with Gasteiger partial charge in [-0.05, 0) is 13.0 Å². The third-order valence-electron chi connectivity index (χ3n) is 2.46. The van der Waals surface area contributed by atoms with Crippen LogP contribution in [0.15, 0.2) is 0 Å². The minimum absolute atomic E-state index is 0.156. The summed E-state index contributed by atoms with van der Waals surface area (Å²) in [5.41, 5.74) is 0. The maximum absolute atomic E-state index is 11.3. The van der Waals surface area contributed by atoms with Crippen molar-refractivity contribution in [1.82, 2.24) is 10.2 Å². The number of rotatable bonds is 3. The Morgan fingerprint density at radius 3 is 3.15 bits per heavy atom. The number of carbonyl (C=O) groups excluding carboxylic acids is 1. The number of carbonyl (C=O) groups is 1. The Morgan fingerprint density at radius 2 is 2.54 bits per heavy atom. The fourth-order valence-electron chi connectivity index (χ4n) is 1.68. The molecule has 0 aromatic heterocycles. The predicted molar refractivity (Wildman–Crippen MR) is 52.1 cm³/mol. The van der Waals surface area contributed by atoms with Crippen molar-refractivity contribution in [2.75, 3.05) is 26.7 Å². The van der Waals surface area contributed by atoms with E-state index in [4.69, 9.17) is 6.42 Å². The molecule has 0 spiro atoms. The van der Waals surface area contributed by atoms with E-state index < -0.39 is 0 Å². The molecule has 0 saturated carbocycles. The monoisotopic (exact) mass is 180 g/mol. The topological polar surface area (TPSA) is 32.3 Å². The molecule has 1 aliphatic heterocycles. The van der Waals surface area contributed by atoms with Gasteiger partial charge in [0.25, 0.3) is 0 Å². The van der Waals surface area contributed by atoms with Crippen LogP contribution in [-0.2, 0) is 4.79 Å². The van der Waals surface area contributed by atoms with Gasteiger partial charge in [-0.1, -0.05) is 0 Å². The van der Waals surface area contributed by atoms with Gasteiger partial charge < -0.3 is 10.2 Å². The van der Waals surface area contributed by atoms with Gasteiger partial charge in [-0.25, -0.2) is 0 Å². The van der Waals surface area contributed by atoms with E-state index in [9.17, 15) is 4.79 Å². The highest BCUT2D eigenvalue weighted by Gasteiger charge is 2.26. The fraction of sp³-hybridized carbons (Fsp3) is 0.700. The summed E-state index contributed by atoms with van der Waals surface area (Å²) >= 11 is 0. The summed E-state index contributed by atoms with van der Waals surface area (Å²) in [6.07, 6.45) is 6.91. The second-order valence-electron chi connectivity index (χ2n) is 3.35. The van der Waals surface area contributed by atoms with Crippen LogP contribution in [-0.4, -0.2) is 37.5 Å². The molecule has 1 heterocycles. The Morgan fingerprint density at radius 1 is 1.77 bits per heavy atom.